The molecule has 0 unspecified atom stereocenters. The maximum atomic E-state index is 11.1. The van der Waals surface area contributed by atoms with E-state index in [9.17, 15) is 4.79 Å². The van der Waals surface area contributed by atoms with E-state index < -0.39 is 5.97 Å². The first-order valence-corrected chi connectivity index (χ1v) is 8.00. The Kier molecular flexibility index (Phi) is 4.12. The van der Waals surface area contributed by atoms with Crippen molar-refractivity contribution >= 4 is 23.1 Å². The van der Waals surface area contributed by atoms with Gasteiger partial charge in [0.2, 0.25) is 0 Å². The SMILES string of the molecule is Cc1ccc2nc(C(C)(C)C)c(N=Nc3cccc(C(=O)O)c3)n2c1. The zero-order valence-corrected chi connectivity index (χ0v) is 14.7. The maximum absolute atomic E-state index is 11.1. The van der Waals surface area contributed by atoms with Crippen LogP contribution in [-0.2, 0) is 5.41 Å². The monoisotopic (exact) mass is 336 g/mol. The van der Waals surface area contributed by atoms with E-state index in [1.165, 1.54) is 12.1 Å². The molecule has 0 saturated carbocycles. The lowest BCUT2D eigenvalue weighted by atomic mass is 9.92. The number of benzene rings is 1. The lowest BCUT2D eigenvalue weighted by Gasteiger charge is -2.15. The van der Waals surface area contributed by atoms with Gasteiger partial charge in [-0.3, -0.25) is 4.40 Å². The van der Waals surface area contributed by atoms with Gasteiger partial charge in [-0.2, -0.15) is 0 Å². The molecule has 0 aliphatic heterocycles. The predicted octanol–water partition coefficient (Wildman–Crippen LogP) is 5.05. The smallest absolute Gasteiger partial charge is 0.335 e. The van der Waals surface area contributed by atoms with Crippen molar-refractivity contribution < 1.29 is 9.90 Å². The molecular weight excluding hydrogens is 316 g/mol. The first-order chi connectivity index (χ1) is 11.8. The van der Waals surface area contributed by atoms with Gasteiger partial charge in [0, 0.05) is 11.6 Å². The molecule has 2 aromatic heterocycles. The van der Waals surface area contributed by atoms with Crippen LogP contribution in [-0.4, -0.2) is 20.5 Å². The number of carboxylic acids is 1. The second kappa shape index (κ2) is 6.12. The fraction of sp³-hybridized carbons (Fsp3) is 0.263. The van der Waals surface area contributed by atoms with Crippen LogP contribution in [0.5, 0.6) is 0 Å². The summed E-state index contributed by atoms with van der Waals surface area (Å²) in [5.74, 6) is -0.329. The predicted molar refractivity (Wildman–Crippen MR) is 96.2 cm³/mol. The van der Waals surface area contributed by atoms with E-state index in [0.29, 0.717) is 11.5 Å². The summed E-state index contributed by atoms with van der Waals surface area (Å²) in [7, 11) is 0. The van der Waals surface area contributed by atoms with E-state index in [1.54, 1.807) is 12.1 Å². The third kappa shape index (κ3) is 3.42. The second-order valence-corrected chi connectivity index (χ2v) is 7.02. The number of nitrogens with zero attached hydrogens (tertiary/aromatic N) is 4. The van der Waals surface area contributed by atoms with Crippen molar-refractivity contribution in [1.29, 1.82) is 0 Å². The minimum absolute atomic E-state index is 0.182. The van der Waals surface area contributed by atoms with E-state index in [0.717, 1.165) is 16.9 Å². The Morgan fingerprint density at radius 1 is 1.16 bits per heavy atom. The molecule has 0 bridgehead atoms. The number of carbonyl (C=O) groups is 1. The average Bonchev–Trinajstić information content (AvgIpc) is 2.91. The van der Waals surface area contributed by atoms with Gasteiger partial charge < -0.3 is 5.11 Å². The highest BCUT2D eigenvalue weighted by Gasteiger charge is 2.24. The Bertz CT molecular complexity index is 981. The van der Waals surface area contributed by atoms with E-state index in [-0.39, 0.29) is 11.0 Å². The summed E-state index contributed by atoms with van der Waals surface area (Å²) >= 11 is 0. The standard InChI is InChI=1S/C19H20N4O2/c1-12-8-9-15-20-16(19(2,3)4)17(23(15)11-12)22-21-14-7-5-6-13(10-14)18(24)25/h5-11H,1-4H3,(H,24,25). The molecule has 3 rings (SSSR count). The molecule has 1 aromatic carbocycles. The molecule has 0 amide bonds. The van der Waals surface area contributed by atoms with Crippen LogP contribution < -0.4 is 0 Å². The molecule has 0 atom stereocenters. The van der Waals surface area contributed by atoms with Crippen LogP contribution in [0.25, 0.3) is 5.65 Å². The third-order valence-corrected chi connectivity index (χ3v) is 3.80. The normalized spacial score (nSPS) is 12.2. The van der Waals surface area contributed by atoms with E-state index in [2.05, 4.69) is 31.0 Å². The van der Waals surface area contributed by atoms with Crippen molar-refractivity contribution in [3.05, 3.63) is 59.4 Å². The summed E-state index contributed by atoms with van der Waals surface area (Å²) < 4.78 is 1.92. The van der Waals surface area contributed by atoms with Gasteiger partial charge in [-0.25, -0.2) is 9.78 Å². The Balaban J connectivity index is 2.12. The minimum Gasteiger partial charge on any atom is -0.478 e. The van der Waals surface area contributed by atoms with Gasteiger partial charge in [0.1, 0.15) is 5.65 Å². The van der Waals surface area contributed by atoms with Crippen molar-refractivity contribution in [3.8, 4) is 0 Å². The number of carboxylic acid groups (broad SMARTS) is 1. The average molecular weight is 336 g/mol. The number of rotatable bonds is 3. The molecule has 0 radical (unpaired) electrons. The van der Waals surface area contributed by atoms with Crippen molar-refractivity contribution in [2.24, 2.45) is 10.2 Å². The van der Waals surface area contributed by atoms with Crippen LogP contribution in [0.4, 0.5) is 11.5 Å². The van der Waals surface area contributed by atoms with E-state index in [4.69, 9.17) is 10.1 Å². The summed E-state index contributed by atoms with van der Waals surface area (Å²) in [4.78, 5) is 15.8. The van der Waals surface area contributed by atoms with Crippen LogP contribution in [0.2, 0.25) is 0 Å². The molecule has 6 nitrogen and oxygen atoms in total. The molecule has 0 aliphatic carbocycles. The van der Waals surface area contributed by atoms with Crippen LogP contribution in [0.1, 0.15) is 42.4 Å². The molecule has 25 heavy (non-hydrogen) atoms. The molecule has 0 aliphatic rings. The molecule has 128 valence electrons. The lowest BCUT2D eigenvalue weighted by molar-refractivity contribution is 0.0697. The van der Waals surface area contributed by atoms with Crippen molar-refractivity contribution in [2.75, 3.05) is 0 Å². The molecule has 2 heterocycles. The molecule has 0 fully saturated rings. The van der Waals surface area contributed by atoms with Crippen molar-refractivity contribution in [2.45, 2.75) is 33.1 Å². The Labute approximate surface area is 145 Å². The van der Waals surface area contributed by atoms with Gasteiger partial charge in [0.15, 0.2) is 5.82 Å². The molecule has 0 saturated heterocycles. The van der Waals surface area contributed by atoms with Crippen LogP contribution in [0.15, 0.2) is 52.8 Å². The molecule has 1 N–H and O–H groups in total. The van der Waals surface area contributed by atoms with Gasteiger partial charge >= 0.3 is 5.97 Å². The third-order valence-electron chi connectivity index (χ3n) is 3.80. The van der Waals surface area contributed by atoms with Gasteiger partial charge in [-0.1, -0.05) is 32.9 Å². The topological polar surface area (TPSA) is 79.3 Å². The highest BCUT2D eigenvalue weighted by atomic mass is 16.4. The lowest BCUT2D eigenvalue weighted by Crippen LogP contribution is -2.11. The summed E-state index contributed by atoms with van der Waals surface area (Å²) in [6, 6.07) is 10.4. The number of fused-ring (bicyclic) bond motifs is 1. The Morgan fingerprint density at radius 2 is 1.92 bits per heavy atom. The van der Waals surface area contributed by atoms with Crippen LogP contribution in [0.3, 0.4) is 0 Å². The van der Waals surface area contributed by atoms with Crippen molar-refractivity contribution in [1.82, 2.24) is 9.38 Å². The number of aromatic carboxylic acids is 1. The number of hydrogen-bond acceptors (Lipinski definition) is 4. The number of pyridine rings is 1. The van der Waals surface area contributed by atoms with Gasteiger partial charge in [0.25, 0.3) is 0 Å². The summed E-state index contributed by atoms with van der Waals surface area (Å²) in [6.45, 7) is 8.23. The quantitative estimate of drug-likeness (QED) is 0.679. The van der Waals surface area contributed by atoms with Crippen molar-refractivity contribution in [3.63, 3.8) is 0 Å². The fourth-order valence-corrected chi connectivity index (χ4v) is 2.54. The summed E-state index contributed by atoms with van der Waals surface area (Å²) in [5.41, 5.74) is 3.22. The number of imidazole rings is 1. The molecule has 3 aromatic rings. The molecular formula is C19H20N4O2. The van der Waals surface area contributed by atoms with Gasteiger partial charge in [-0.15, -0.1) is 10.2 Å². The maximum Gasteiger partial charge on any atom is 0.335 e. The first kappa shape index (κ1) is 16.8. The largest absolute Gasteiger partial charge is 0.478 e. The fourth-order valence-electron chi connectivity index (χ4n) is 2.54. The van der Waals surface area contributed by atoms with E-state index >= 15 is 0 Å². The molecule has 6 heteroatoms. The zero-order chi connectivity index (χ0) is 18.2. The zero-order valence-electron chi connectivity index (χ0n) is 14.7. The number of aromatic nitrogens is 2. The minimum atomic E-state index is -0.988. The number of azo groups is 1. The van der Waals surface area contributed by atoms with Crippen LogP contribution in [0, 0.1) is 6.92 Å². The van der Waals surface area contributed by atoms with E-state index in [1.807, 2.05) is 29.7 Å². The Morgan fingerprint density at radius 3 is 2.60 bits per heavy atom. The highest BCUT2D eigenvalue weighted by molar-refractivity contribution is 5.88. The molecule has 0 spiro atoms. The summed E-state index contributed by atoms with van der Waals surface area (Å²) in [5, 5.41) is 17.7. The number of hydrogen-bond donors (Lipinski definition) is 1. The summed E-state index contributed by atoms with van der Waals surface area (Å²) in [6.07, 6.45) is 1.97. The number of aryl methyl sites for hydroxylation is 1. The van der Waals surface area contributed by atoms with Gasteiger partial charge in [-0.05, 0) is 36.8 Å². The van der Waals surface area contributed by atoms with Gasteiger partial charge in [0.05, 0.1) is 16.9 Å². The van der Waals surface area contributed by atoms with Crippen LogP contribution >= 0.6 is 0 Å². The highest BCUT2D eigenvalue weighted by Crippen LogP contribution is 2.33. The second-order valence-electron chi connectivity index (χ2n) is 7.02. The first-order valence-electron chi connectivity index (χ1n) is 8.00. The Hall–Kier alpha value is -3.02.